The van der Waals surface area contributed by atoms with Crippen molar-refractivity contribution < 1.29 is 79.9 Å². The first-order valence-corrected chi connectivity index (χ1v) is 13.1. The number of aliphatic hydroxyl groups excluding tert-OH is 7. The minimum atomic E-state index is -1.85. The average Bonchev–Trinajstić information content (AvgIpc) is 2.97. The molecule has 3 aliphatic heterocycles. The molecular formula is C27H32O16. The molecule has 16 heteroatoms. The molecule has 0 bridgehead atoms. The lowest BCUT2D eigenvalue weighted by atomic mass is 9.98. The highest BCUT2D eigenvalue weighted by atomic mass is 16.7. The smallest absolute Gasteiger partial charge is 0.228 e. The standard InChI is InChI=1S/C27H32O16/c28-7-17-19(33)21(35)23(37)26(42-17)39-8-18-20(34)22(36)24(38)27(43-18)41-16-6-11-13(31)4-10(29)5-15(11)40-25(16)9-1-2-12(30)14(32)3-9/h1-6,17-38H,7-8H2/t17-,18-,19-,20+,21+,22+,23-,24-,25?,26-,27-/m1/s1. The van der Waals surface area contributed by atoms with E-state index in [4.69, 9.17) is 23.7 Å². The van der Waals surface area contributed by atoms with Gasteiger partial charge >= 0.3 is 0 Å². The van der Waals surface area contributed by atoms with Gasteiger partial charge in [-0.15, -0.1) is 0 Å². The van der Waals surface area contributed by atoms with Crippen LogP contribution in [-0.2, 0) is 18.9 Å². The molecule has 0 spiro atoms. The molecule has 5 rings (SSSR count). The topological polar surface area (TPSA) is 269 Å². The van der Waals surface area contributed by atoms with Crippen molar-refractivity contribution in [1.29, 1.82) is 0 Å². The molecule has 11 atom stereocenters. The Hall–Kier alpha value is -3.42. The molecule has 0 aliphatic carbocycles. The van der Waals surface area contributed by atoms with E-state index in [2.05, 4.69) is 0 Å². The van der Waals surface area contributed by atoms with Crippen LogP contribution >= 0.6 is 0 Å². The summed E-state index contributed by atoms with van der Waals surface area (Å²) in [6.45, 7) is -1.30. The zero-order valence-electron chi connectivity index (χ0n) is 22.2. The van der Waals surface area contributed by atoms with E-state index >= 15 is 0 Å². The highest BCUT2D eigenvalue weighted by Crippen LogP contribution is 2.45. The van der Waals surface area contributed by atoms with Gasteiger partial charge in [-0.25, -0.2) is 0 Å². The second-order valence-corrected chi connectivity index (χ2v) is 10.3. The quantitative estimate of drug-likeness (QED) is 0.146. The highest BCUT2D eigenvalue weighted by molar-refractivity contribution is 5.69. The molecule has 3 heterocycles. The van der Waals surface area contributed by atoms with Gasteiger partial charge in [-0.2, -0.15) is 0 Å². The van der Waals surface area contributed by atoms with Crippen molar-refractivity contribution in [1.82, 2.24) is 0 Å². The normalized spacial score (nSPS) is 35.9. The molecule has 2 aromatic rings. The van der Waals surface area contributed by atoms with Gasteiger partial charge in [-0.1, -0.05) is 6.07 Å². The van der Waals surface area contributed by atoms with E-state index in [1.54, 1.807) is 0 Å². The second-order valence-electron chi connectivity index (χ2n) is 10.3. The Labute approximate surface area is 243 Å². The van der Waals surface area contributed by atoms with E-state index in [1.165, 1.54) is 30.3 Å². The maximum atomic E-state index is 10.7. The average molecular weight is 613 g/mol. The van der Waals surface area contributed by atoms with Gasteiger partial charge in [-0.05, 0) is 18.2 Å². The van der Waals surface area contributed by atoms with Gasteiger partial charge in [0.25, 0.3) is 0 Å². The molecule has 0 amide bonds. The predicted octanol–water partition coefficient (Wildman–Crippen LogP) is -2.38. The van der Waals surface area contributed by atoms with Crippen molar-refractivity contribution in [3.8, 4) is 28.7 Å². The van der Waals surface area contributed by atoms with Gasteiger partial charge < -0.3 is 79.9 Å². The summed E-state index contributed by atoms with van der Waals surface area (Å²) >= 11 is 0. The van der Waals surface area contributed by atoms with E-state index in [-0.39, 0.29) is 28.4 Å². The van der Waals surface area contributed by atoms with E-state index in [0.717, 1.165) is 6.07 Å². The third kappa shape index (κ3) is 6.02. The first-order chi connectivity index (χ1) is 20.4. The van der Waals surface area contributed by atoms with Crippen LogP contribution in [0, 0.1) is 0 Å². The van der Waals surface area contributed by atoms with Crippen molar-refractivity contribution in [3.63, 3.8) is 0 Å². The van der Waals surface area contributed by atoms with Crippen molar-refractivity contribution in [2.45, 2.75) is 67.5 Å². The highest BCUT2D eigenvalue weighted by Gasteiger charge is 2.48. The number of hydrogen-bond acceptors (Lipinski definition) is 16. The lowest BCUT2D eigenvalue weighted by molar-refractivity contribution is -0.328. The molecule has 0 radical (unpaired) electrons. The fourth-order valence-corrected chi connectivity index (χ4v) is 4.96. The molecule has 43 heavy (non-hydrogen) atoms. The maximum absolute atomic E-state index is 10.7. The van der Waals surface area contributed by atoms with E-state index in [9.17, 15) is 56.2 Å². The molecule has 0 saturated carbocycles. The van der Waals surface area contributed by atoms with Crippen LogP contribution in [0.2, 0.25) is 0 Å². The zero-order valence-corrected chi connectivity index (χ0v) is 22.2. The van der Waals surface area contributed by atoms with Gasteiger partial charge in [0, 0.05) is 17.7 Å². The van der Waals surface area contributed by atoms with Gasteiger partial charge in [-0.3, -0.25) is 0 Å². The van der Waals surface area contributed by atoms with Crippen molar-refractivity contribution >= 4 is 6.08 Å². The number of phenolic OH excluding ortho intramolecular Hbond substituents is 4. The first-order valence-electron chi connectivity index (χ1n) is 13.1. The summed E-state index contributed by atoms with van der Waals surface area (Å²) in [5, 5.41) is 111. The van der Waals surface area contributed by atoms with E-state index < -0.39 is 98.0 Å². The van der Waals surface area contributed by atoms with Gasteiger partial charge in [0.2, 0.25) is 6.29 Å². The number of benzene rings is 2. The Balaban J connectivity index is 1.39. The zero-order chi connectivity index (χ0) is 31.2. The second kappa shape index (κ2) is 12.3. The van der Waals surface area contributed by atoms with Crippen molar-refractivity contribution in [2.75, 3.05) is 13.2 Å². The number of phenols is 4. The third-order valence-electron chi connectivity index (χ3n) is 7.39. The van der Waals surface area contributed by atoms with Gasteiger partial charge in [0.15, 0.2) is 23.9 Å². The molecule has 1 unspecified atom stereocenters. The monoisotopic (exact) mass is 612 g/mol. The SMILES string of the molecule is OC[C@H]1O[C@@H](OC[C@H]2O[C@@H](OC3=Cc4c(O)cc(O)cc4OC3c3ccc(O)c(O)c3)[C@H](O)[C@@H](O)[C@H]2O)[C@H](O)[C@@H](O)[C@@H]1O. The van der Waals surface area contributed by atoms with Crippen LogP contribution in [-0.4, -0.2) is 131 Å². The molecule has 3 aliphatic rings. The largest absolute Gasteiger partial charge is 0.508 e. The minimum absolute atomic E-state index is 0.0220. The Morgan fingerprint density at radius 2 is 1.33 bits per heavy atom. The fourth-order valence-electron chi connectivity index (χ4n) is 4.96. The summed E-state index contributed by atoms with van der Waals surface area (Å²) < 4.78 is 28.2. The van der Waals surface area contributed by atoms with Crippen LogP contribution in [0.5, 0.6) is 28.7 Å². The number of hydrogen-bond donors (Lipinski definition) is 11. The number of aromatic hydroxyl groups is 4. The first kappa shape index (κ1) is 31.0. The molecule has 236 valence electrons. The van der Waals surface area contributed by atoms with Crippen LogP contribution < -0.4 is 4.74 Å². The summed E-state index contributed by atoms with van der Waals surface area (Å²) in [6, 6.07) is 5.99. The molecule has 0 aromatic heterocycles. The minimum Gasteiger partial charge on any atom is -0.508 e. The molecule has 2 saturated heterocycles. The van der Waals surface area contributed by atoms with E-state index in [1.807, 2.05) is 0 Å². The summed E-state index contributed by atoms with van der Waals surface area (Å²) in [7, 11) is 0. The van der Waals surface area contributed by atoms with Crippen LogP contribution in [0.3, 0.4) is 0 Å². The molecule has 2 aromatic carbocycles. The lowest BCUT2D eigenvalue weighted by Crippen LogP contribution is -2.61. The van der Waals surface area contributed by atoms with Crippen LogP contribution in [0.1, 0.15) is 17.2 Å². The molecule has 16 nitrogen and oxygen atoms in total. The van der Waals surface area contributed by atoms with Crippen molar-refractivity contribution in [3.05, 3.63) is 47.2 Å². The summed E-state index contributed by atoms with van der Waals surface area (Å²) in [6.07, 6.45) is -16.4. The van der Waals surface area contributed by atoms with Crippen LogP contribution in [0.4, 0.5) is 0 Å². The Bertz CT molecular complexity index is 1330. The number of fused-ring (bicyclic) bond motifs is 1. The van der Waals surface area contributed by atoms with Crippen LogP contribution in [0.25, 0.3) is 6.08 Å². The predicted molar refractivity (Wildman–Crippen MR) is 138 cm³/mol. The summed E-state index contributed by atoms with van der Waals surface area (Å²) in [5.74, 6) is -1.73. The van der Waals surface area contributed by atoms with Crippen molar-refractivity contribution in [2.24, 2.45) is 0 Å². The molecule has 2 fully saturated rings. The van der Waals surface area contributed by atoms with Crippen LogP contribution in [0.15, 0.2) is 36.1 Å². The number of ether oxygens (including phenoxy) is 5. The Morgan fingerprint density at radius 1 is 0.674 bits per heavy atom. The number of aliphatic hydroxyl groups is 7. The van der Waals surface area contributed by atoms with Gasteiger partial charge in [0.05, 0.1) is 18.8 Å². The molecule has 11 N–H and O–H groups in total. The Kier molecular flexibility index (Phi) is 8.87. The summed E-state index contributed by atoms with van der Waals surface area (Å²) in [5.41, 5.74) is 0.295. The number of rotatable bonds is 7. The fraction of sp³-hybridized carbons (Fsp3) is 0.481. The van der Waals surface area contributed by atoms with Gasteiger partial charge in [0.1, 0.15) is 71.8 Å². The Morgan fingerprint density at radius 3 is 2.00 bits per heavy atom. The third-order valence-corrected chi connectivity index (χ3v) is 7.39. The maximum Gasteiger partial charge on any atom is 0.228 e. The molecular weight excluding hydrogens is 580 g/mol. The lowest BCUT2D eigenvalue weighted by Gasteiger charge is -2.43. The summed E-state index contributed by atoms with van der Waals surface area (Å²) in [4.78, 5) is 0. The van der Waals surface area contributed by atoms with E-state index in [0.29, 0.717) is 0 Å².